The summed E-state index contributed by atoms with van der Waals surface area (Å²) in [4.78, 5) is 22.9. The highest BCUT2D eigenvalue weighted by Gasteiger charge is 2.09. The van der Waals surface area contributed by atoms with Gasteiger partial charge in [0.05, 0.1) is 18.8 Å². The van der Waals surface area contributed by atoms with Crippen LogP contribution in [0.15, 0.2) is 42.5 Å². The van der Waals surface area contributed by atoms with Crippen molar-refractivity contribution in [2.45, 2.75) is 26.5 Å². The summed E-state index contributed by atoms with van der Waals surface area (Å²) >= 11 is 0. The topological polar surface area (TPSA) is 96.9 Å². The molecule has 2 aromatic rings. The predicted molar refractivity (Wildman–Crippen MR) is 98.0 cm³/mol. The summed E-state index contributed by atoms with van der Waals surface area (Å²) in [6.45, 7) is 4.11. The van der Waals surface area contributed by atoms with Crippen molar-refractivity contribution in [2.75, 3.05) is 12.4 Å². The first-order valence-corrected chi connectivity index (χ1v) is 8.11. The highest BCUT2D eigenvalue weighted by molar-refractivity contribution is 5.89. The van der Waals surface area contributed by atoms with E-state index < -0.39 is 5.97 Å². The molecule has 0 bridgehead atoms. The van der Waals surface area contributed by atoms with E-state index in [9.17, 15) is 9.59 Å². The number of rotatable bonds is 7. The van der Waals surface area contributed by atoms with Gasteiger partial charge in [-0.3, -0.25) is 0 Å². The number of hydrogen-bond donors (Lipinski definition) is 3. The molecule has 2 amide bonds. The van der Waals surface area contributed by atoms with Crippen molar-refractivity contribution in [1.29, 1.82) is 0 Å². The Hall–Kier alpha value is -3.22. The molecule has 0 radical (unpaired) electrons. The average molecular weight is 358 g/mol. The lowest BCUT2D eigenvalue weighted by Gasteiger charge is -2.15. The molecule has 0 saturated heterocycles. The Balaban J connectivity index is 1.93. The molecule has 0 aliphatic heterocycles. The van der Waals surface area contributed by atoms with Crippen LogP contribution in [0.3, 0.4) is 0 Å². The van der Waals surface area contributed by atoms with Crippen LogP contribution in [0.4, 0.5) is 10.5 Å². The van der Waals surface area contributed by atoms with Gasteiger partial charge in [-0.25, -0.2) is 9.59 Å². The number of benzene rings is 2. The number of carbonyl (C=O) groups excluding carboxylic acids is 1. The first-order valence-electron chi connectivity index (χ1n) is 8.11. The average Bonchev–Trinajstić information content (AvgIpc) is 2.61. The predicted octanol–water partition coefficient (Wildman–Crippen LogP) is 3.50. The third-order valence-electron chi connectivity index (χ3n) is 3.44. The number of amides is 2. The van der Waals surface area contributed by atoms with E-state index in [1.807, 2.05) is 13.8 Å². The van der Waals surface area contributed by atoms with Crippen molar-refractivity contribution >= 4 is 17.7 Å². The third kappa shape index (κ3) is 5.41. The maximum atomic E-state index is 12.0. The standard InChI is InChI=1S/C19H22N2O5/c1-12(2)26-16-9-8-15(10-17(16)25-3)21-19(24)20-11-13-4-6-14(7-5-13)18(22)23/h4-10,12H,11H2,1-3H3,(H,22,23)(H2,20,21,24). The van der Waals surface area contributed by atoms with Gasteiger partial charge in [-0.05, 0) is 43.7 Å². The molecule has 26 heavy (non-hydrogen) atoms. The van der Waals surface area contributed by atoms with E-state index in [1.165, 1.54) is 19.2 Å². The van der Waals surface area contributed by atoms with Crippen molar-refractivity contribution in [3.05, 3.63) is 53.6 Å². The second-order valence-electron chi connectivity index (χ2n) is 5.84. The fourth-order valence-corrected chi connectivity index (χ4v) is 2.22. The Morgan fingerprint density at radius 1 is 1.08 bits per heavy atom. The number of anilines is 1. The molecule has 0 unspecified atom stereocenters. The second kappa shape index (κ2) is 8.75. The van der Waals surface area contributed by atoms with Crippen LogP contribution in [0.5, 0.6) is 11.5 Å². The van der Waals surface area contributed by atoms with E-state index in [-0.39, 0.29) is 24.2 Å². The molecule has 0 aromatic heterocycles. The number of aromatic carboxylic acids is 1. The zero-order chi connectivity index (χ0) is 19.1. The van der Waals surface area contributed by atoms with Crippen LogP contribution < -0.4 is 20.1 Å². The van der Waals surface area contributed by atoms with Crippen LogP contribution in [-0.4, -0.2) is 30.3 Å². The summed E-state index contributed by atoms with van der Waals surface area (Å²) in [7, 11) is 1.53. The van der Waals surface area contributed by atoms with Crippen molar-refractivity contribution in [3.63, 3.8) is 0 Å². The molecule has 0 atom stereocenters. The molecular weight excluding hydrogens is 336 g/mol. The maximum Gasteiger partial charge on any atom is 0.335 e. The summed E-state index contributed by atoms with van der Waals surface area (Å²) in [5.74, 6) is 0.147. The van der Waals surface area contributed by atoms with Gasteiger partial charge in [0.1, 0.15) is 0 Å². The fraction of sp³-hybridized carbons (Fsp3) is 0.263. The minimum atomic E-state index is -0.985. The lowest BCUT2D eigenvalue weighted by molar-refractivity contribution is 0.0697. The van der Waals surface area contributed by atoms with Gasteiger partial charge in [0.2, 0.25) is 0 Å². The van der Waals surface area contributed by atoms with Crippen LogP contribution in [0.2, 0.25) is 0 Å². The van der Waals surface area contributed by atoms with E-state index in [2.05, 4.69) is 10.6 Å². The highest BCUT2D eigenvalue weighted by atomic mass is 16.5. The Bertz CT molecular complexity index is 772. The van der Waals surface area contributed by atoms with E-state index in [1.54, 1.807) is 30.3 Å². The summed E-state index contributed by atoms with van der Waals surface area (Å²) in [6.07, 6.45) is 0.0125. The van der Waals surface area contributed by atoms with E-state index in [0.717, 1.165) is 5.56 Å². The molecule has 7 heteroatoms. The van der Waals surface area contributed by atoms with Gasteiger partial charge >= 0.3 is 12.0 Å². The SMILES string of the molecule is COc1cc(NC(=O)NCc2ccc(C(=O)O)cc2)ccc1OC(C)C. The van der Waals surface area contributed by atoms with Crippen molar-refractivity contribution < 1.29 is 24.2 Å². The third-order valence-corrected chi connectivity index (χ3v) is 3.44. The summed E-state index contributed by atoms with van der Waals surface area (Å²) in [5, 5.41) is 14.3. The molecule has 0 aliphatic rings. The van der Waals surface area contributed by atoms with Gasteiger partial charge < -0.3 is 25.2 Å². The van der Waals surface area contributed by atoms with Gasteiger partial charge in [-0.1, -0.05) is 12.1 Å². The Morgan fingerprint density at radius 2 is 1.77 bits per heavy atom. The minimum absolute atomic E-state index is 0.0125. The van der Waals surface area contributed by atoms with Gasteiger partial charge in [-0.15, -0.1) is 0 Å². The van der Waals surface area contributed by atoms with Gasteiger partial charge in [0, 0.05) is 18.3 Å². The zero-order valence-electron chi connectivity index (χ0n) is 14.9. The quantitative estimate of drug-likeness (QED) is 0.704. The maximum absolute atomic E-state index is 12.0. The zero-order valence-corrected chi connectivity index (χ0v) is 14.9. The van der Waals surface area contributed by atoms with E-state index in [0.29, 0.717) is 17.2 Å². The van der Waals surface area contributed by atoms with Crippen LogP contribution in [0.25, 0.3) is 0 Å². The summed E-state index contributed by atoms with van der Waals surface area (Å²) in [6, 6.07) is 11.1. The molecule has 0 heterocycles. The lowest BCUT2D eigenvalue weighted by atomic mass is 10.1. The fourth-order valence-electron chi connectivity index (χ4n) is 2.22. The minimum Gasteiger partial charge on any atom is -0.493 e. The molecule has 2 aromatic carbocycles. The van der Waals surface area contributed by atoms with E-state index in [4.69, 9.17) is 14.6 Å². The molecule has 0 fully saturated rings. The monoisotopic (exact) mass is 358 g/mol. The first kappa shape index (κ1) is 19.1. The van der Waals surface area contributed by atoms with Gasteiger partial charge in [0.15, 0.2) is 11.5 Å². The van der Waals surface area contributed by atoms with Crippen LogP contribution in [0.1, 0.15) is 29.8 Å². The Kier molecular flexibility index (Phi) is 6.43. The number of ether oxygens (including phenoxy) is 2. The second-order valence-corrected chi connectivity index (χ2v) is 5.84. The lowest BCUT2D eigenvalue weighted by Crippen LogP contribution is -2.28. The number of carbonyl (C=O) groups is 2. The molecule has 0 aliphatic carbocycles. The normalized spacial score (nSPS) is 10.3. The molecule has 2 rings (SSSR count). The highest BCUT2D eigenvalue weighted by Crippen LogP contribution is 2.30. The van der Waals surface area contributed by atoms with Crippen LogP contribution >= 0.6 is 0 Å². The van der Waals surface area contributed by atoms with Crippen molar-refractivity contribution in [3.8, 4) is 11.5 Å². The van der Waals surface area contributed by atoms with Gasteiger partial charge in [-0.2, -0.15) is 0 Å². The number of carboxylic acid groups (broad SMARTS) is 1. The number of urea groups is 1. The molecule has 138 valence electrons. The summed E-state index contributed by atoms with van der Waals surface area (Å²) < 4.78 is 10.9. The molecular formula is C19H22N2O5. The molecule has 0 saturated carbocycles. The first-order chi connectivity index (χ1) is 12.4. The molecule has 0 spiro atoms. The molecule has 3 N–H and O–H groups in total. The number of nitrogens with one attached hydrogen (secondary N) is 2. The molecule has 7 nitrogen and oxygen atoms in total. The number of carboxylic acids is 1. The van der Waals surface area contributed by atoms with Crippen LogP contribution in [-0.2, 0) is 6.54 Å². The van der Waals surface area contributed by atoms with Crippen molar-refractivity contribution in [2.24, 2.45) is 0 Å². The number of hydrogen-bond acceptors (Lipinski definition) is 4. The summed E-state index contributed by atoms with van der Waals surface area (Å²) in [5.41, 5.74) is 1.56. The Labute approximate surface area is 151 Å². The van der Waals surface area contributed by atoms with E-state index >= 15 is 0 Å². The largest absolute Gasteiger partial charge is 0.493 e. The van der Waals surface area contributed by atoms with Crippen molar-refractivity contribution in [1.82, 2.24) is 5.32 Å². The number of methoxy groups -OCH3 is 1. The Morgan fingerprint density at radius 3 is 2.35 bits per heavy atom. The smallest absolute Gasteiger partial charge is 0.335 e. The van der Waals surface area contributed by atoms with Crippen LogP contribution in [0, 0.1) is 0 Å². The van der Waals surface area contributed by atoms with Gasteiger partial charge in [0.25, 0.3) is 0 Å².